The molecule has 0 fully saturated rings. The van der Waals surface area contributed by atoms with Crippen molar-refractivity contribution >= 4 is 0 Å². The van der Waals surface area contributed by atoms with E-state index >= 15 is 0 Å². The first-order valence-corrected chi connectivity index (χ1v) is 7.27. The standard InChI is InChI=1S/C19H26/c1-13-7-14(2)10-17(9-13)19(5,6)18-11-15(3)8-16(4)12-18/h7-11,16H,12H2,1-6H3. The molecular formula is C19H26. The summed E-state index contributed by atoms with van der Waals surface area (Å²) in [5.74, 6) is 0.658. The maximum atomic E-state index is 2.39. The van der Waals surface area contributed by atoms with Crippen molar-refractivity contribution in [3.8, 4) is 0 Å². The largest absolute Gasteiger partial charge is 0.0784 e. The van der Waals surface area contributed by atoms with Gasteiger partial charge in [0.25, 0.3) is 0 Å². The number of aryl methyl sites for hydroxylation is 2. The molecule has 0 saturated carbocycles. The van der Waals surface area contributed by atoms with Crippen molar-refractivity contribution in [1.29, 1.82) is 0 Å². The van der Waals surface area contributed by atoms with Gasteiger partial charge in [0, 0.05) is 5.41 Å². The Morgan fingerprint density at radius 3 is 2.11 bits per heavy atom. The van der Waals surface area contributed by atoms with Crippen LogP contribution in [-0.4, -0.2) is 0 Å². The zero-order chi connectivity index (χ0) is 14.2. The molecule has 0 amide bonds. The van der Waals surface area contributed by atoms with Crippen LogP contribution < -0.4 is 0 Å². The first-order chi connectivity index (χ1) is 8.79. The highest BCUT2D eigenvalue weighted by Gasteiger charge is 2.28. The molecule has 1 atom stereocenters. The molecule has 0 radical (unpaired) electrons. The van der Waals surface area contributed by atoms with Gasteiger partial charge >= 0.3 is 0 Å². The molecule has 0 heteroatoms. The third kappa shape index (κ3) is 3.00. The summed E-state index contributed by atoms with van der Waals surface area (Å²) in [5, 5.41) is 0. The van der Waals surface area contributed by atoms with E-state index in [1.54, 1.807) is 5.57 Å². The van der Waals surface area contributed by atoms with E-state index in [-0.39, 0.29) is 5.41 Å². The van der Waals surface area contributed by atoms with E-state index in [4.69, 9.17) is 0 Å². The van der Waals surface area contributed by atoms with E-state index in [1.807, 2.05) is 0 Å². The summed E-state index contributed by atoms with van der Waals surface area (Å²) in [7, 11) is 0. The second-order valence-corrected chi connectivity index (χ2v) is 6.76. The van der Waals surface area contributed by atoms with Gasteiger partial charge < -0.3 is 0 Å². The normalized spacial score (nSPS) is 20.0. The molecule has 0 aromatic heterocycles. The lowest BCUT2D eigenvalue weighted by Gasteiger charge is -2.33. The molecule has 0 saturated heterocycles. The average Bonchev–Trinajstić information content (AvgIpc) is 2.26. The molecule has 1 aliphatic rings. The fraction of sp³-hybridized carbons (Fsp3) is 0.474. The summed E-state index contributed by atoms with van der Waals surface area (Å²) in [6.45, 7) is 13.6. The Balaban J connectivity index is 2.44. The van der Waals surface area contributed by atoms with E-state index < -0.39 is 0 Å². The SMILES string of the molecule is CC1=CC(C)CC(C(C)(C)c2cc(C)cc(C)c2)=C1. The second-order valence-electron chi connectivity index (χ2n) is 6.76. The van der Waals surface area contributed by atoms with E-state index in [2.05, 4.69) is 71.9 Å². The van der Waals surface area contributed by atoms with Crippen molar-refractivity contribution in [3.05, 3.63) is 58.2 Å². The van der Waals surface area contributed by atoms with Gasteiger partial charge in [-0.25, -0.2) is 0 Å². The van der Waals surface area contributed by atoms with Gasteiger partial charge in [-0.15, -0.1) is 0 Å². The quantitative estimate of drug-likeness (QED) is 0.654. The Labute approximate surface area is 118 Å². The van der Waals surface area contributed by atoms with Gasteiger partial charge in [0.05, 0.1) is 0 Å². The van der Waals surface area contributed by atoms with Gasteiger partial charge in [-0.05, 0) is 38.7 Å². The summed E-state index contributed by atoms with van der Waals surface area (Å²) < 4.78 is 0. The van der Waals surface area contributed by atoms with Gasteiger partial charge in [0.2, 0.25) is 0 Å². The van der Waals surface area contributed by atoms with Crippen molar-refractivity contribution in [1.82, 2.24) is 0 Å². The van der Waals surface area contributed by atoms with Crippen molar-refractivity contribution in [3.63, 3.8) is 0 Å². The summed E-state index contributed by atoms with van der Waals surface area (Å²) in [6, 6.07) is 6.93. The Hall–Kier alpha value is -1.30. The van der Waals surface area contributed by atoms with Gasteiger partial charge in [0.15, 0.2) is 0 Å². The summed E-state index contributed by atoms with van der Waals surface area (Å²) >= 11 is 0. The van der Waals surface area contributed by atoms with Gasteiger partial charge in [0.1, 0.15) is 0 Å². The van der Waals surface area contributed by atoms with Crippen LogP contribution in [0.25, 0.3) is 0 Å². The number of rotatable bonds is 2. The van der Waals surface area contributed by atoms with Crippen molar-refractivity contribution in [2.75, 3.05) is 0 Å². The van der Waals surface area contributed by atoms with E-state index in [1.165, 1.54) is 28.7 Å². The molecule has 2 rings (SSSR count). The van der Waals surface area contributed by atoms with Crippen LogP contribution >= 0.6 is 0 Å². The highest BCUT2D eigenvalue weighted by Crippen LogP contribution is 2.39. The Bertz CT molecular complexity index is 521. The lowest BCUT2D eigenvalue weighted by Crippen LogP contribution is -2.23. The Morgan fingerprint density at radius 2 is 1.58 bits per heavy atom. The fourth-order valence-corrected chi connectivity index (χ4v) is 3.19. The molecule has 0 heterocycles. The van der Waals surface area contributed by atoms with Crippen LogP contribution in [0.2, 0.25) is 0 Å². The Kier molecular flexibility index (Phi) is 3.71. The number of benzene rings is 1. The minimum Gasteiger partial charge on any atom is -0.0784 e. The minimum atomic E-state index is 0.126. The Morgan fingerprint density at radius 1 is 1.00 bits per heavy atom. The molecule has 0 nitrogen and oxygen atoms in total. The van der Waals surface area contributed by atoms with E-state index in [0.29, 0.717) is 5.92 Å². The van der Waals surface area contributed by atoms with E-state index in [0.717, 1.165) is 0 Å². The van der Waals surface area contributed by atoms with E-state index in [9.17, 15) is 0 Å². The minimum absolute atomic E-state index is 0.126. The van der Waals surface area contributed by atoms with Crippen LogP contribution in [0.4, 0.5) is 0 Å². The lowest BCUT2D eigenvalue weighted by atomic mass is 9.71. The van der Waals surface area contributed by atoms with Crippen LogP contribution in [-0.2, 0) is 5.41 Å². The highest BCUT2D eigenvalue weighted by molar-refractivity contribution is 5.43. The number of hydrogen-bond donors (Lipinski definition) is 0. The third-order valence-corrected chi connectivity index (χ3v) is 4.24. The molecule has 19 heavy (non-hydrogen) atoms. The molecule has 0 spiro atoms. The first-order valence-electron chi connectivity index (χ1n) is 7.27. The van der Waals surface area contributed by atoms with Gasteiger partial charge in [-0.1, -0.05) is 73.4 Å². The second kappa shape index (κ2) is 5.00. The molecule has 102 valence electrons. The molecule has 0 aliphatic heterocycles. The summed E-state index contributed by atoms with van der Waals surface area (Å²) in [4.78, 5) is 0. The molecule has 0 N–H and O–H groups in total. The zero-order valence-corrected chi connectivity index (χ0v) is 13.2. The molecule has 1 aliphatic carbocycles. The monoisotopic (exact) mass is 254 g/mol. The smallest absolute Gasteiger partial charge is 0.0109 e. The summed E-state index contributed by atoms with van der Waals surface area (Å²) in [5.41, 5.74) is 7.26. The van der Waals surface area contributed by atoms with Crippen molar-refractivity contribution < 1.29 is 0 Å². The van der Waals surface area contributed by atoms with Crippen molar-refractivity contribution in [2.24, 2.45) is 5.92 Å². The molecule has 1 aromatic carbocycles. The predicted octanol–water partition coefficient (Wildman–Crippen LogP) is 5.49. The van der Waals surface area contributed by atoms with Crippen LogP contribution in [0.3, 0.4) is 0 Å². The van der Waals surface area contributed by atoms with Crippen LogP contribution in [0.1, 0.15) is 50.8 Å². The van der Waals surface area contributed by atoms with Crippen molar-refractivity contribution in [2.45, 2.75) is 53.4 Å². The van der Waals surface area contributed by atoms with Crippen LogP contribution in [0.5, 0.6) is 0 Å². The maximum absolute atomic E-state index is 2.39. The first kappa shape index (κ1) is 14.1. The predicted molar refractivity (Wildman–Crippen MR) is 84.6 cm³/mol. The van der Waals surface area contributed by atoms with Gasteiger partial charge in [-0.2, -0.15) is 0 Å². The number of hydrogen-bond acceptors (Lipinski definition) is 0. The topological polar surface area (TPSA) is 0 Å². The third-order valence-electron chi connectivity index (χ3n) is 4.24. The molecule has 1 unspecified atom stereocenters. The number of allylic oxidation sites excluding steroid dienone is 4. The van der Waals surface area contributed by atoms with Crippen LogP contribution in [0.15, 0.2) is 41.5 Å². The lowest BCUT2D eigenvalue weighted by molar-refractivity contribution is 0.546. The zero-order valence-electron chi connectivity index (χ0n) is 13.2. The molecule has 1 aromatic rings. The fourth-order valence-electron chi connectivity index (χ4n) is 3.19. The maximum Gasteiger partial charge on any atom is 0.0109 e. The molecular weight excluding hydrogens is 228 g/mol. The summed E-state index contributed by atoms with van der Waals surface area (Å²) in [6.07, 6.45) is 5.94. The average molecular weight is 254 g/mol. The van der Waals surface area contributed by atoms with Crippen LogP contribution in [0, 0.1) is 19.8 Å². The van der Waals surface area contributed by atoms with Gasteiger partial charge in [-0.3, -0.25) is 0 Å². The highest BCUT2D eigenvalue weighted by atomic mass is 14.3. The molecule has 0 bridgehead atoms.